The normalized spacial score (nSPS) is 16.2. The van der Waals surface area contributed by atoms with Crippen LogP contribution in [0.2, 0.25) is 0 Å². The van der Waals surface area contributed by atoms with Gasteiger partial charge in [-0.15, -0.1) is 16.9 Å². The lowest BCUT2D eigenvalue weighted by atomic mass is 9.95. The summed E-state index contributed by atoms with van der Waals surface area (Å²) in [5.41, 5.74) is 8.68. The van der Waals surface area contributed by atoms with E-state index in [1.165, 1.54) is 32.1 Å². The minimum absolute atomic E-state index is 0.502. The molecular formula is C18H24N6S. The average Bonchev–Trinajstić information content (AvgIpc) is 3.03. The standard InChI is InChI=1S/C18H24N6S/c1-13(21-15-6-4-3-5-7-15)14-10-16(19)24-18(11-14)22-17(23-24)12-20-8-9-25-2/h8-12,15,21H,1,3-7,19H2,2H3/b9-8-,20-12?. The third-order valence-electron chi connectivity index (χ3n) is 4.29. The van der Waals surface area contributed by atoms with Crippen LogP contribution in [0.3, 0.4) is 0 Å². The average molecular weight is 356 g/mol. The van der Waals surface area contributed by atoms with Gasteiger partial charge in [0.15, 0.2) is 11.5 Å². The molecule has 0 bridgehead atoms. The van der Waals surface area contributed by atoms with Crippen molar-refractivity contribution >= 4 is 35.1 Å². The summed E-state index contributed by atoms with van der Waals surface area (Å²) in [7, 11) is 0. The Morgan fingerprint density at radius 1 is 1.40 bits per heavy atom. The molecule has 0 radical (unpaired) electrons. The van der Waals surface area contributed by atoms with E-state index in [1.54, 1.807) is 28.7 Å². The Kier molecular flexibility index (Phi) is 5.75. The van der Waals surface area contributed by atoms with Gasteiger partial charge in [-0.1, -0.05) is 25.8 Å². The molecule has 132 valence electrons. The second-order valence-corrected chi connectivity index (χ2v) is 6.91. The maximum Gasteiger partial charge on any atom is 0.193 e. The number of nitrogen functional groups attached to an aromatic ring is 1. The number of nitrogens with zero attached hydrogens (tertiary/aromatic N) is 4. The van der Waals surface area contributed by atoms with Crippen molar-refractivity contribution in [1.82, 2.24) is 19.9 Å². The first-order valence-corrected chi connectivity index (χ1v) is 9.79. The number of hydrogen-bond acceptors (Lipinski definition) is 6. The number of anilines is 1. The number of fused-ring (bicyclic) bond motifs is 1. The highest BCUT2D eigenvalue weighted by Crippen LogP contribution is 2.22. The van der Waals surface area contributed by atoms with Gasteiger partial charge in [0.2, 0.25) is 0 Å². The predicted molar refractivity (Wildman–Crippen MR) is 107 cm³/mol. The molecule has 6 nitrogen and oxygen atoms in total. The van der Waals surface area contributed by atoms with Crippen LogP contribution in [-0.2, 0) is 0 Å². The molecule has 3 N–H and O–H groups in total. The van der Waals surface area contributed by atoms with Gasteiger partial charge in [-0.05, 0) is 36.6 Å². The molecule has 1 aliphatic rings. The lowest BCUT2D eigenvalue weighted by Gasteiger charge is -2.25. The van der Waals surface area contributed by atoms with Crippen molar-refractivity contribution in [3.8, 4) is 0 Å². The number of aliphatic imine (C=N–C) groups is 1. The van der Waals surface area contributed by atoms with Crippen LogP contribution in [0.25, 0.3) is 11.3 Å². The van der Waals surface area contributed by atoms with Crippen molar-refractivity contribution in [3.63, 3.8) is 0 Å². The Labute approximate surface area is 152 Å². The van der Waals surface area contributed by atoms with Gasteiger partial charge in [-0.2, -0.15) is 4.52 Å². The number of rotatable bonds is 6. The van der Waals surface area contributed by atoms with E-state index < -0.39 is 0 Å². The summed E-state index contributed by atoms with van der Waals surface area (Å²) in [6.07, 6.45) is 11.6. The third-order valence-corrected chi connectivity index (χ3v) is 4.68. The molecule has 0 aliphatic heterocycles. The minimum Gasteiger partial charge on any atom is -0.384 e. The zero-order valence-electron chi connectivity index (χ0n) is 14.5. The first kappa shape index (κ1) is 17.5. The van der Waals surface area contributed by atoms with Gasteiger partial charge in [0, 0.05) is 23.5 Å². The van der Waals surface area contributed by atoms with Crippen LogP contribution in [0.15, 0.2) is 35.3 Å². The van der Waals surface area contributed by atoms with Crippen molar-refractivity contribution in [2.75, 3.05) is 12.0 Å². The maximum atomic E-state index is 6.15. The molecule has 2 aromatic rings. The molecule has 1 aliphatic carbocycles. The van der Waals surface area contributed by atoms with Gasteiger partial charge in [-0.3, -0.25) is 4.99 Å². The highest BCUT2D eigenvalue weighted by molar-refractivity contribution is 8.01. The van der Waals surface area contributed by atoms with E-state index in [2.05, 4.69) is 27.0 Å². The summed E-state index contributed by atoms with van der Waals surface area (Å²) in [5, 5.41) is 9.79. The predicted octanol–water partition coefficient (Wildman–Crippen LogP) is 3.46. The van der Waals surface area contributed by atoms with Crippen LogP contribution >= 0.6 is 11.8 Å². The van der Waals surface area contributed by atoms with Gasteiger partial charge in [0.05, 0.1) is 6.21 Å². The molecule has 0 atom stereocenters. The van der Waals surface area contributed by atoms with Crippen LogP contribution in [0.5, 0.6) is 0 Å². The Morgan fingerprint density at radius 3 is 2.96 bits per heavy atom. The monoisotopic (exact) mass is 356 g/mol. The fraction of sp³-hybridized carbons (Fsp3) is 0.389. The fourth-order valence-corrected chi connectivity index (χ4v) is 3.23. The molecule has 0 unspecified atom stereocenters. The lowest BCUT2D eigenvalue weighted by Crippen LogP contribution is -2.29. The first-order valence-electron chi connectivity index (χ1n) is 8.50. The molecule has 0 spiro atoms. The molecule has 3 rings (SSSR count). The fourth-order valence-electron chi connectivity index (χ4n) is 3.04. The Bertz CT molecular complexity index is 801. The summed E-state index contributed by atoms with van der Waals surface area (Å²) in [4.78, 5) is 8.63. The molecule has 0 saturated heterocycles. The van der Waals surface area contributed by atoms with Crippen LogP contribution in [0, 0.1) is 0 Å². The molecule has 25 heavy (non-hydrogen) atoms. The van der Waals surface area contributed by atoms with E-state index in [0.717, 1.165) is 11.3 Å². The number of aromatic nitrogens is 3. The van der Waals surface area contributed by atoms with Gasteiger partial charge in [0.25, 0.3) is 0 Å². The lowest BCUT2D eigenvalue weighted by molar-refractivity contribution is 0.409. The molecular weight excluding hydrogens is 332 g/mol. The smallest absolute Gasteiger partial charge is 0.193 e. The summed E-state index contributed by atoms with van der Waals surface area (Å²) < 4.78 is 1.62. The SMILES string of the molecule is C=C(NC1CCCCC1)c1cc(N)n2nc(C=N/C=C\SC)nc2c1. The van der Waals surface area contributed by atoms with Crippen LogP contribution < -0.4 is 11.1 Å². The van der Waals surface area contributed by atoms with Crippen molar-refractivity contribution in [1.29, 1.82) is 0 Å². The maximum absolute atomic E-state index is 6.15. The summed E-state index contributed by atoms with van der Waals surface area (Å²) >= 11 is 1.59. The largest absolute Gasteiger partial charge is 0.384 e. The number of pyridine rings is 1. The quantitative estimate of drug-likeness (QED) is 0.775. The van der Waals surface area contributed by atoms with Gasteiger partial charge >= 0.3 is 0 Å². The highest BCUT2D eigenvalue weighted by Gasteiger charge is 2.15. The highest BCUT2D eigenvalue weighted by atomic mass is 32.2. The molecule has 1 fully saturated rings. The topological polar surface area (TPSA) is 80.6 Å². The second-order valence-electron chi connectivity index (χ2n) is 6.17. The van der Waals surface area contributed by atoms with Gasteiger partial charge in [0.1, 0.15) is 5.82 Å². The number of hydrogen-bond donors (Lipinski definition) is 2. The van der Waals surface area contributed by atoms with E-state index in [9.17, 15) is 0 Å². The van der Waals surface area contributed by atoms with Crippen LogP contribution in [-0.4, -0.2) is 33.1 Å². The zero-order chi connectivity index (χ0) is 17.6. The van der Waals surface area contributed by atoms with Crippen LogP contribution in [0.4, 0.5) is 5.82 Å². The summed E-state index contributed by atoms with van der Waals surface area (Å²) in [5.74, 6) is 1.06. The van der Waals surface area contributed by atoms with E-state index in [0.29, 0.717) is 23.3 Å². The van der Waals surface area contributed by atoms with Crippen molar-refractivity contribution < 1.29 is 0 Å². The number of nitrogens with two attached hydrogens (primary N) is 1. The van der Waals surface area contributed by atoms with E-state index in [1.807, 2.05) is 23.8 Å². The Hall–Kier alpha value is -2.28. The van der Waals surface area contributed by atoms with Crippen molar-refractivity contribution in [2.45, 2.75) is 38.1 Å². The second kappa shape index (κ2) is 8.20. The Balaban J connectivity index is 1.79. The van der Waals surface area contributed by atoms with Gasteiger partial charge in [-0.25, -0.2) is 4.98 Å². The molecule has 2 heterocycles. The van der Waals surface area contributed by atoms with Crippen molar-refractivity contribution in [2.24, 2.45) is 4.99 Å². The molecule has 7 heteroatoms. The third kappa shape index (κ3) is 4.42. The number of nitrogens with one attached hydrogen (secondary N) is 1. The minimum atomic E-state index is 0.502. The molecule has 1 saturated carbocycles. The van der Waals surface area contributed by atoms with Crippen LogP contribution in [0.1, 0.15) is 43.5 Å². The first-order chi connectivity index (χ1) is 12.2. The molecule has 0 aromatic carbocycles. The van der Waals surface area contributed by atoms with Crippen molar-refractivity contribution in [3.05, 3.63) is 41.7 Å². The summed E-state index contributed by atoms with van der Waals surface area (Å²) in [6, 6.07) is 4.34. The summed E-state index contributed by atoms with van der Waals surface area (Å²) in [6.45, 7) is 4.18. The Morgan fingerprint density at radius 2 is 2.20 bits per heavy atom. The molecule has 2 aromatic heterocycles. The molecule has 0 amide bonds. The van der Waals surface area contributed by atoms with Gasteiger partial charge < -0.3 is 11.1 Å². The van der Waals surface area contributed by atoms with E-state index >= 15 is 0 Å². The number of thioether (sulfide) groups is 1. The zero-order valence-corrected chi connectivity index (χ0v) is 15.3. The van der Waals surface area contributed by atoms with E-state index in [4.69, 9.17) is 5.73 Å². The van der Waals surface area contributed by atoms with E-state index in [-0.39, 0.29) is 0 Å².